The fourth-order valence-corrected chi connectivity index (χ4v) is 1.92. The molecule has 15 heavy (non-hydrogen) atoms. The van der Waals surface area contributed by atoms with Gasteiger partial charge in [-0.05, 0) is 19.3 Å². The molecule has 1 N–H and O–H groups in total. The quantitative estimate of drug-likeness (QED) is 0.756. The molecule has 0 saturated heterocycles. The molecule has 0 saturated carbocycles. The molecule has 1 aromatic heterocycles. The van der Waals surface area contributed by atoms with E-state index >= 15 is 0 Å². The van der Waals surface area contributed by atoms with Crippen molar-refractivity contribution in [3.63, 3.8) is 0 Å². The number of hydrogen-bond donors (Lipinski definition) is 2. The zero-order valence-electron chi connectivity index (χ0n) is 9.44. The molecule has 0 bridgehead atoms. The van der Waals surface area contributed by atoms with Crippen LogP contribution in [0.4, 0.5) is 5.69 Å². The van der Waals surface area contributed by atoms with Crippen molar-refractivity contribution in [3.8, 4) is 0 Å². The van der Waals surface area contributed by atoms with Crippen LogP contribution in [0.3, 0.4) is 0 Å². The molecule has 0 fully saturated rings. The summed E-state index contributed by atoms with van der Waals surface area (Å²) in [5.41, 5.74) is 2.27. The molecule has 1 heterocycles. The van der Waals surface area contributed by atoms with Gasteiger partial charge >= 0.3 is 0 Å². The average Bonchev–Trinajstić information content (AvgIpc) is 2.31. The van der Waals surface area contributed by atoms with Crippen LogP contribution in [0, 0.1) is 12.8 Å². The van der Waals surface area contributed by atoms with E-state index in [1.54, 1.807) is 4.68 Å². The average molecular weight is 231 g/mol. The van der Waals surface area contributed by atoms with Crippen LogP contribution in [0.25, 0.3) is 0 Å². The third kappa shape index (κ3) is 2.95. The van der Waals surface area contributed by atoms with Crippen LogP contribution in [0.15, 0.2) is 0 Å². The van der Waals surface area contributed by atoms with Crippen molar-refractivity contribution in [3.05, 3.63) is 11.4 Å². The van der Waals surface area contributed by atoms with Gasteiger partial charge in [-0.3, -0.25) is 9.40 Å². The van der Waals surface area contributed by atoms with Gasteiger partial charge in [0.1, 0.15) is 0 Å². The van der Waals surface area contributed by atoms with Crippen LogP contribution < -0.4 is 4.72 Å². The lowest BCUT2D eigenvalue weighted by Gasteiger charge is -2.04. The van der Waals surface area contributed by atoms with Crippen LogP contribution in [0.5, 0.6) is 0 Å². The summed E-state index contributed by atoms with van der Waals surface area (Å²) in [5.74, 6) is 0.449. The SMILES string of the molecule is Cc1c(N[SH](=O)=O)c(CC(C)C)nn1C. The van der Waals surface area contributed by atoms with Gasteiger partial charge < -0.3 is 0 Å². The van der Waals surface area contributed by atoms with Crippen molar-refractivity contribution in [2.24, 2.45) is 13.0 Å². The predicted molar refractivity (Wildman–Crippen MR) is 60.4 cm³/mol. The number of aryl methyl sites for hydroxylation is 1. The highest BCUT2D eigenvalue weighted by Gasteiger charge is 2.14. The summed E-state index contributed by atoms with van der Waals surface area (Å²) in [6.45, 7) is 5.99. The maximum absolute atomic E-state index is 10.7. The van der Waals surface area contributed by atoms with E-state index in [4.69, 9.17) is 0 Å². The van der Waals surface area contributed by atoms with E-state index in [-0.39, 0.29) is 0 Å². The standard InChI is InChI=1S/C9H17N3O2S/c1-6(2)5-8-9(11-15(13)14)7(3)12(4)10-8/h6,15H,5H2,1-4H3,(H,11,13,14). The monoisotopic (exact) mass is 231 g/mol. The number of aromatic nitrogens is 2. The van der Waals surface area contributed by atoms with E-state index in [0.717, 1.165) is 17.8 Å². The summed E-state index contributed by atoms with van der Waals surface area (Å²) in [6.07, 6.45) is 0.771. The van der Waals surface area contributed by atoms with Gasteiger partial charge in [0.15, 0.2) is 0 Å². The van der Waals surface area contributed by atoms with E-state index in [2.05, 4.69) is 23.7 Å². The Bertz CT molecular complexity index is 413. The Labute approximate surface area is 91.6 Å². The molecular formula is C9H17N3O2S. The summed E-state index contributed by atoms with van der Waals surface area (Å²) in [7, 11) is -0.816. The van der Waals surface area contributed by atoms with Crippen molar-refractivity contribution in [2.45, 2.75) is 27.2 Å². The molecule has 0 aliphatic heterocycles. The Hall–Kier alpha value is -1.04. The smallest absolute Gasteiger partial charge is 0.222 e. The summed E-state index contributed by atoms with van der Waals surface area (Å²) < 4.78 is 25.4. The normalized spacial score (nSPS) is 11.3. The summed E-state index contributed by atoms with van der Waals surface area (Å²) in [4.78, 5) is 0. The summed E-state index contributed by atoms with van der Waals surface area (Å²) in [5, 5.41) is 4.29. The number of anilines is 1. The molecule has 0 aromatic carbocycles. The lowest BCUT2D eigenvalue weighted by molar-refractivity contribution is 0.615. The summed E-state index contributed by atoms with van der Waals surface area (Å²) >= 11 is 0. The zero-order valence-corrected chi connectivity index (χ0v) is 10.3. The van der Waals surface area contributed by atoms with Gasteiger partial charge in [0.2, 0.25) is 10.9 Å². The van der Waals surface area contributed by atoms with Gasteiger partial charge in [0, 0.05) is 7.05 Å². The highest BCUT2D eigenvalue weighted by Crippen LogP contribution is 2.21. The topological polar surface area (TPSA) is 64.0 Å². The van der Waals surface area contributed by atoms with E-state index in [1.165, 1.54) is 0 Å². The van der Waals surface area contributed by atoms with Gasteiger partial charge in [0.05, 0.1) is 17.1 Å². The number of nitrogens with zero attached hydrogens (tertiary/aromatic N) is 2. The van der Waals surface area contributed by atoms with Crippen molar-refractivity contribution in [1.29, 1.82) is 0 Å². The van der Waals surface area contributed by atoms with Gasteiger partial charge in [-0.25, -0.2) is 8.42 Å². The van der Waals surface area contributed by atoms with Crippen LogP contribution in [0.2, 0.25) is 0 Å². The number of hydrogen-bond acceptors (Lipinski definition) is 3. The van der Waals surface area contributed by atoms with E-state index in [0.29, 0.717) is 11.6 Å². The molecule has 0 spiro atoms. The van der Waals surface area contributed by atoms with Gasteiger partial charge in [-0.2, -0.15) is 5.10 Å². The second-order valence-corrected chi connectivity index (χ2v) is 4.74. The first kappa shape index (κ1) is 12.0. The van der Waals surface area contributed by atoms with Gasteiger partial charge in [0.25, 0.3) is 0 Å². The van der Waals surface area contributed by atoms with Crippen LogP contribution in [-0.4, -0.2) is 18.2 Å². The third-order valence-electron chi connectivity index (χ3n) is 2.21. The van der Waals surface area contributed by atoms with Crippen LogP contribution >= 0.6 is 0 Å². The Morgan fingerprint density at radius 2 is 2.07 bits per heavy atom. The molecule has 5 nitrogen and oxygen atoms in total. The number of thiol groups is 1. The largest absolute Gasteiger partial charge is 0.282 e. The van der Waals surface area contributed by atoms with Crippen molar-refractivity contribution in [2.75, 3.05) is 4.72 Å². The van der Waals surface area contributed by atoms with Crippen LogP contribution in [-0.2, 0) is 24.4 Å². The molecule has 0 atom stereocenters. The first-order valence-corrected chi connectivity index (χ1v) is 6.03. The highest BCUT2D eigenvalue weighted by atomic mass is 32.2. The highest BCUT2D eigenvalue weighted by molar-refractivity contribution is 7.73. The van der Waals surface area contributed by atoms with E-state index in [9.17, 15) is 8.42 Å². The lowest BCUT2D eigenvalue weighted by Crippen LogP contribution is -2.02. The first-order chi connectivity index (χ1) is 6.91. The van der Waals surface area contributed by atoms with Crippen molar-refractivity contribution >= 4 is 16.6 Å². The Balaban J connectivity index is 3.08. The molecule has 0 aliphatic carbocycles. The first-order valence-electron chi connectivity index (χ1n) is 4.85. The molecule has 86 valence electrons. The van der Waals surface area contributed by atoms with Crippen molar-refractivity contribution in [1.82, 2.24) is 9.78 Å². The maximum atomic E-state index is 10.7. The Morgan fingerprint density at radius 3 is 2.53 bits per heavy atom. The molecule has 0 amide bonds. The second kappa shape index (κ2) is 4.65. The minimum Gasteiger partial charge on any atom is -0.282 e. The Kier molecular flexibility index (Phi) is 3.73. The van der Waals surface area contributed by atoms with E-state index in [1.807, 2.05) is 14.0 Å². The summed E-state index contributed by atoms with van der Waals surface area (Å²) in [6, 6.07) is 0. The van der Waals surface area contributed by atoms with E-state index < -0.39 is 10.9 Å². The predicted octanol–water partition coefficient (Wildman–Crippen LogP) is 0.865. The molecule has 6 heteroatoms. The molecule has 0 radical (unpaired) electrons. The van der Waals surface area contributed by atoms with Crippen LogP contribution in [0.1, 0.15) is 25.2 Å². The number of nitrogens with one attached hydrogen (secondary N) is 1. The third-order valence-corrected chi connectivity index (χ3v) is 2.62. The second-order valence-electron chi connectivity index (χ2n) is 4.00. The molecular weight excluding hydrogens is 214 g/mol. The van der Waals surface area contributed by atoms with Gasteiger partial charge in [-0.1, -0.05) is 13.8 Å². The number of rotatable bonds is 4. The molecule has 0 unspecified atom stereocenters. The fourth-order valence-electron chi connectivity index (χ4n) is 1.44. The molecule has 1 aromatic rings. The molecule has 1 rings (SSSR count). The minimum atomic E-state index is -2.62. The Morgan fingerprint density at radius 1 is 1.47 bits per heavy atom. The zero-order chi connectivity index (χ0) is 11.6. The minimum absolute atomic E-state index is 0.449. The van der Waals surface area contributed by atoms with Gasteiger partial charge in [-0.15, -0.1) is 0 Å². The maximum Gasteiger partial charge on any atom is 0.222 e. The fraction of sp³-hybridized carbons (Fsp3) is 0.667. The molecule has 0 aliphatic rings. The van der Waals surface area contributed by atoms with Crippen molar-refractivity contribution < 1.29 is 8.42 Å². The lowest BCUT2D eigenvalue weighted by atomic mass is 10.1.